The van der Waals surface area contributed by atoms with Crippen molar-refractivity contribution in [3.63, 3.8) is 0 Å². The van der Waals surface area contributed by atoms with Gasteiger partial charge in [-0.3, -0.25) is 0 Å². The Bertz CT molecular complexity index is 311. The minimum Gasteiger partial charge on any atom is -0.384 e. The number of aryl methyl sites for hydroxylation is 1. The number of benzene rings is 1. The predicted molar refractivity (Wildman–Crippen MR) is 68.6 cm³/mol. The van der Waals surface area contributed by atoms with Gasteiger partial charge in [0.25, 0.3) is 0 Å². The van der Waals surface area contributed by atoms with Crippen LogP contribution in [-0.4, -0.2) is 20.3 Å². The van der Waals surface area contributed by atoms with E-state index in [2.05, 4.69) is 50.4 Å². The van der Waals surface area contributed by atoms with Gasteiger partial charge in [-0.05, 0) is 25.3 Å². The third-order valence-electron chi connectivity index (χ3n) is 2.77. The molecule has 16 heavy (non-hydrogen) atoms. The highest BCUT2D eigenvalue weighted by Crippen LogP contribution is 2.13. The summed E-state index contributed by atoms with van der Waals surface area (Å²) in [6.07, 6.45) is 0. The van der Waals surface area contributed by atoms with Gasteiger partial charge < -0.3 is 10.1 Å². The quantitative estimate of drug-likeness (QED) is 0.797. The smallest absolute Gasteiger partial charge is 0.0499 e. The summed E-state index contributed by atoms with van der Waals surface area (Å²) in [6, 6.07) is 9.05. The van der Waals surface area contributed by atoms with Gasteiger partial charge >= 0.3 is 0 Å². The second-order valence-corrected chi connectivity index (χ2v) is 4.60. The lowest BCUT2D eigenvalue weighted by molar-refractivity contribution is 0.157. The first-order valence-corrected chi connectivity index (χ1v) is 5.92. The van der Waals surface area contributed by atoms with E-state index in [0.29, 0.717) is 12.0 Å². The van der Waals surface area contributed by atoms with Gasteiger partial charge in [0.1, 0.15) is 0 Å². The van der Waals surface area contributed by atoms with Crippen LogP contribution in [0.1, 0.15) is 31.0 Å². The third kappa shape index (κ3) is 4.33. The average molecular weight is 221 g/mol. The van der Waals surface area contributed by atoms with Gasteiger partial charge in [0.05, 0.1) is 0 Å². The fraction of sp³-hybridized carbons (Fsp3) is 0.571. The lowest BCUT2D eigenvalue weighted by Gasteiger charge is -2.18. The van der Waals surface area contributed by atoms with E-state index < -0.39 is 0 Å². The summed E-state index contributed by atoms with van der Waals surface area (Å²) in [5, 5.41) is 3.53. The van der Waals surface area contributed by atoms with Crippen LogP contribution in [0.5, 0.6) is 0 Å². The molecule has 0 aliphatic carbocycles. The number of rotatable bonds is 6. The summed E-state index contributed by atoms with van der Waals surface area (Å²) in [7, 11) is 1.75. The fourth-order valence-corrected chi connectivity index (χ4v) is 1.78. The molecule has 2 heteroatoms. The molecule has 0 heterocycles. The van der Waals surface area contributed by atoms with Crippen molar-refractivity contribution >= 4 is 0 Å². The molecule has 0 saturated carbocycles. The van der Waals surface area contributed by atoms with Crippen LogP contribution < -0.4 is 5.32 Å². The summed E-state index contributed by atoms with van der Waals surface area (Å²) in [5.74, 6) is 0.553. The highest BCUT2D eigenvalue weighted by atomic mass is 16.5. The highest BCUT2D eigenvalue weighted by molar-refractivity contribution is 5.24. The van der Waals surface area contributed by atoms with E-state index in [-0.39, 0.29) is 0 Å². The molecule has 0 aliphatic rings. The van der Waals surface area contributed by atoms with Crippen molar-refractivity contribution in [2.75, 3.05) is 20.3 Å². The molecule has 0 aromatic heterocycles. The van der Waals surface area contributed by atoms with Crippen molar-refractivity contribution in [1.82, 2.24) is 5.32 Å². The molecule has 2 unspecified atom stereocenters. The van der Waals surface area contributed by atoms with Crippen LogP contribution in [0.3, 0.4) is 0 Å². The molecule has 0 bridgehead atoms. The van der Waals surface area contributed by atoms with Crippen molar-refractivity contribution in [2.24, 2.45) is 5.92 Å². The molecular formula is C14H23NO. The number of hydrogen-bond donors (Lipinski definition) is 1. The second kappa shape index (κ2) is 6.66. The zero-order valence-corrected chi connectivity index (χ0v) is 10.8. The molecule has 1 aromatic rings. The maximum Gasteiger partial charge on any atom is 0.0499 e. The molecule has 1 N–H and O–H groups in total. The summed E-state index contributed by atoms with van der Waals surface area (Å²) in [5.41, 5.74) is 2.67. The standard InChI is InChI=1S/C14H23NO/c1-11-6-5-7-14(8-11)13(3)15-9-12(2)10-16-4/h5-8,12-13,15H,9-10H2,1-4H3. The number of ether oxygens (including phenoxy) is 1. The third-order valence-corrected chi connectivity index (χ3v) is 2.77. The van der Waals surface area contributed by atoms with Crippen molar-refractivity contribution < 1.29 is 4.74 Å². The molecule has 2 atom stereocenters. The van der Waals surface area contributed by atoms with Crippen molar-refractivity contribution in [1.29, 1.82) is 0 Å². The zero-order chi connectivity index (χ0) is 12.0. The Kier molecular flexibility index (Phi) is 5.50. The Morgan fingerprint density at radius 1 is 1.31 bits per heavy atom. The Hall–Kier alpha value is -0.860. The van der Waals surface area contributed by atoms with Crippen LogP contribution in [0.4, 0.5) is 0 Å². The molecule has 0 radical (unpaired) electrons. The number of methoxy groups -OCH3 is 1. The first kappa shape index (κ1) is 13.2. The molecule has 0 saturated heterocycles. The molecule has 0 fully saturated rings. The van der Waals surface area contributed by atoms with Crippen LogP contribution >= 0.6 is 0 Å². The van der Waals surface area contributed by atoms with Crippen molar-refractivity contribution in [2.45, 2.75) is 26.8 Å². The van der Waals surface area contributed by atoms with Crippen LogP contribution in [0, 0.1) is 12.8 Å². The monoisotopic (exact) mass is 221 g/mol. The van der Waals surface area contributed by atoms with Gasteiger partial charge in [0, 0.05) is 26.3 Å². The van der Waals surface area contributed by atoms with Crippen LogP contribution in [0.25, 0.3) is 0 Å². The van der Waals surface area contributed by atoms with Gasteiger partial charge in [-0.2, -0.15) is 0 Å². The van der Waals surface area contributed by atoms with E-state index in [4.69, 9.17) is 4.74 Å². The van der Waals surface area contributed by atoms with E-state index in [9.17, 15) is 0 Å². The van der Waals surface area contributed by atoms with Gasteiger partial charge in [-0.1, -0.05) is 36.8 Å². The van der Waals surface area contributed by atoms with Gasteiger partial charge in [-0.25, -0.2) is 0 Å². The number of nitrogens with one attached hydrogen (secondary N) is 1. The Labute approximate surface area is 99.0 Å². The minimum atomic E-state index is 0.402. The van der Waals surface area contributed by atoms with Crippen LogP contribution in [-0.2, 0) is 4.74 Å². The van der Waals surface area contributed by atoms with E-state index in [0.717, 1.165) is 13.2 Å². The summed E-state index contributed by atoms with van der Waals surface area (Å²) < 4.78 is 5.12. The zero-order valence-electron chi connectivity index (χ0n) is 10.8. The lowest BCUT2D eigenvalue weighted by Crippen LogP contribution is -2.26. The Morgan fingerprint density at radius 3 is 2.69 bits per heavy atom. The van der Waals surface area contributed by atoms with E-state index in [1.807, 2.05) is 0 Å². The minimum absolute atomic E-state index is 0.402. The van der Waals surface area contributed by atoms with Crippen LogP contribution in [0.2, 0.25) is 0 Å². The van der Waals surface area contributed by atoms with E-state index in [1.165, 1.54) is 11.1 Å². The highest BCUT2D eigenvalue weighted by Gasteiger charge is 2.07. The van der Waals surface area contributed by atoms with E-state index >= 15 is 0 Å². The van der Waals surface area contributed by atoms with Gasteiger partial charge in [-0.15, -0.1) is 0 Å². The molecule has 1 aromatic carbocycles. The Morgan fingerprint density at radius 2 is 2.06 bits per heavy atom. The maximum atomic E-state index is 5.12. The van der Waals surface area contributed by atoms with Crippen molar-refractivity contribution in [3.8, 4) is 0 Å². The SMILES string of the molecule is COCC(C)CNC(C)c1cccc(C)c1. The average Bonchev–Trinajstić information content (AvgIpc) is 2.26. The molecule has 90 valence electrons. The van der Waals surface area contributed by atoms with Gasteiger partial charge in [0.2, 0.25) is 0 Å². The van der Waals surface area contributed by atoms with Gasteiger partial charge in [0.15, 0.2) is 0 Å². The summed E-state index contributed by atoms with van der Waals surface area (Å²) in [6.45, 7) is 8.33. The first-order chi connectivity index (χ1) is 7.63. The maximum absolute atomic E-state index is 5.12. The first-order valence-electron chi connectivity index (χ1n) is 5.92. The molecule has 0 spiro atoms. The summed E-state index contributed by atoms with van der Waals surface area (Å²) >= 11 is 0. The lowest BCUT2D eigenvalue weighted by atomic mass is 10.1. The second-order valence-electron chi connectivity index (χ2n) is 4.60. The largest absolute Gasteiger partial charge is 0.384 e. The molecule has 1 rings (SSSR count). The molecule has 0 amide bonds. The Balaban J connectivity index is 2.43. The molecule has 0 aliphatic heterocycles. The normalized spacial score (nSPS) is 14.8. The molecule has 2 nitrogen and oxygen atoms in total. The predicted octanol–water partition coefficient (Wildman–Crippen LogP) is 2.93. The summed E-state index contributed by atoms with van der Waals surface area (Å²) in [4.78, 5) is 0. The van der Waals surface area contributed by atoms with Crippen LogP contribution in [0.15, 0.2) is 24.3 Å². The fourth-order valence-electron chi connectivity index (χ4n) is 1.78. The van der Waals surface area contributed by atoms with Crippen molar-refractivity contribution in [3.05, 3.63) is 35.4 Å². The topological polar surface area (TPSA) is 21.3 Å². The molecular weight excluding hydrogens is 198 g/mol. The van der Waals surface area contributed by atoms with E-state index in [1.54, 1.807) is 7.11 Å². The number of hydrogen-bond acceptors (Lipinski definition) is 2.